The molecule has 2 N–H and O–H groups in total. The molecule has 0 saturated heterocycles. The van der Waals surface area contributed by atoms with Gasteiger partial charge in [-0.3, -0.25) is 0 Å². The Kier molecular flexibility index (Phi) is 4.04. The lowest BCUT2D eigenvalue weighted by Gasteiger charge is -2.20. The number of anilines is 2. The van der Waals surface area contributed by atoms with Crippen molar-refractivity contribution < 1.29 is 0 Å². The van der Waals surface area contributed by atoms with Crippen LogP contribution in [0.3, 0.4) is 0 Å². The first-order valence-corrected chi connectivity index (χ1v) is 6.93. The summed E-state index contributed by atoms with van der Waals surface area (Å²) in [5, 5.41) is 6.72. The zero-order chi connectivity index (χ0) is 13.1. The molecule has 1 heterocycles. The largest absolute Gasteiger partial charge is 0.373 e. The predicted octanol–water partition coefficient (Wildman–Crippen LogP) is 3.13. The van der Waals surface area contributed by atoms with Gasteiger partial charge < -0.3 is 10.6 Å². The highest BCUT2D eigenvalue weighted by atomic mass is 15.1. The molecule has 0 spiro atoms. The molecule has 1 aliphatic rings. The third-order valence-electron chi connectivity index (χ3n) is 3.64. The number of hydrogen-bond donors (Lipinski definition) is 2. The van der Waals surface area contributed by atoms with Crippen LogP contribution in [-0.2, 0) is 0 Å². The predicted molar refractivity (Wildman–Crippen MR) is 76.1 cm³/mol. The number of rotatable bonds is 6. The van der Waals surface area contributed by atoms with E-state index in [0.717, 1.165) is 35.4 Å². The van der Waals surface area contributed by atoms with Crippen molar-refractivity contribution in [1.29, 1.82) is 0 Å². The molecule has 2 rings (SSSR count). The van der Waals surface area contributed by atoms with Crippen LogP contribution in [0.1, 0.15) is 44.0 Å². The van der Waals surface area contributed by atoms with Crippen molar-refractivity contribution in [3.63, 3.8) is 0 Å². The highest BCUT2D eigenvalue weighted by Gasteiger charge is 2.25. The van der Waals surface area contributed by atoms with E-state index < -0.39 is 0 Å². The van der Waals surface area contributed by atoms with E-state index in [1.54, 1.807) is 0 Å². The summed E-state index contributed by atoms with van der Waals surface area (Å²) in [4.78, 5) is 8.93. The van der Waals surface area contributed by atoms with Crippen LogP contribution in [0.4, 0.5) is 11.6 Å². The molecule has 0 amide bonds. The van der Waals surface area contributed by atoms with Crippen LogP contribution in [0.25, 0.3) is 0 Å². The smallest absolute Gasteiger partial charge is 0.134 e. The summed E-state index contributed by atoms with van der Waals surface area (Å²) in [6.07, 6.45) is 5.23. The molecular weight excluding hydrogens is 224 g/mol. The van der Waals surface area contributed by atoms with Crippen LogP contribution in [-0.4, -0.2) is 23.1 Å². The molecule has 100 valence electrons. The first kappa shape index (κ1) is 13.1. The lowest BCUT2D eigenvalue weighted by molar-refractivity contribution is 0.584. The Bertz CT molecular complexity index is 413. The minimum Gasteiger partial charge on any atom is -0.373 e. The fourth-order valence-corrected chi connectivity index (χ4v) is 2.29. The lowest BCUT2D eigenvalue weighted by Crippen LogP contribution is -2.21. The van der Waals surface area contributed by atoms with E-state index in [0.29, 0.717) is 6.04 Å². The van der Waals surface area contributed by atoms with Gasteiger partial charge in [0.1, 0.15) is 17.5 Å². The van der Waals surface area contributed by atoms with Crippen LogP contribution in [0, 0.1) is 19.8 Å². The van der Waals surface area contributed by atoms with Crippen LogP contribution < -0.4 is 10.6 Å². The fourth-order valence-electron chi connectivity index (χ4n) is 2.29. The number of nitrogens with one attached hydrogen (secondary N) is 2. The van der Waals surface area contributed by atoms with Gasteiger partial charge in [-0.1, -0.05) is 19.8 Å². The van der Waals surface area contributed by atoms with E-state index in [9.17, 15) is 0 Å². The van der Waals surface area contributed by atoms with E-state index in [1.165, 1.54) is 19.3 Å². The van der Waals surface area contributed by atoms with E-state index in [1.807, 2.05) is 14.0 Å². The van der Waals surface area contributed by atoms with Crippen LogP contribution in [0.5, 0.6) is 0 Å². The third kappa shape index (κ3) is 3.12. The average Bonchev–Trinajstić information content (AvgIpc) is 3.16. The topological polar surface area (TPSA) is 49.8 Å². The lowest BCUT2D eigenvalue weighted by atomic mass is 10.1. The molecule has 0 bridgehead atoms. The van der Waals surface area contributed by atoms with Crippen molar-refractivity contribution in [3.8, 4) is 0 Å². The second-order valence-electron chi connectivity index (χ2n) is 5.27. The summed E-state index contributed by atoms with van der Waals surface area (Å²) in [7, 11) is 1.90. The van der Waals surface area contributed by atoms with E-state index in [-0.39, 0.29) is 0 Å². The van der Waals surface area contributed by atoms with Crippen LogP contribution in [0.2, 0.25) is 0 Å². The number of aryl methyl sites for hydroxylation is 1. The Balaban J connectivity index is 2.12. The standard InChI is InChI=1S/C14H24N4/c1-5-12(8-11-6-7-11)18-14-9(2)13(15-4)16-10(3)17-14/h11-12H,5-8H2,1-4H3,(H2,15,16,17,18). The van der Waals surface area contributed by atoms with Gasteiger partial charge in [0.25, 0.3) is 0 Å². The summed E-state index contributed by atoms with van der Waals surface area (Å²) < 4.78 is 0. The molecule has 1 saturated carbocycles. The summed E-state index contributed by atoms with van der Waals surface area (Å²) >= 11 is 0. The van der Waals surface area contributed by atoms with Gasteiger partial charge in [0.05, 0.1) is 0 Å². The maximum absolute atomic E-state index is 4.53. The quantitative estimate of drug-likeness (QED) is 0.812. The minimum absolute atomic E-state index is 0.537. The molecule has 1 aromatic heterocycles. The van der Waals surface area contributed by atoms with Crippen LogP contribution >= 0.6 is 0 Å². The summed E-state index contributed by atoms with van der Waals surface area (Å²) in [5.74, 6) is 3.66. The summed E-state index contributed by atoms with van der Waals surface area (Å²) in [6.45, 7) is 6.24. The molecule has 0 radical (unpaired) electrons. The van der Waals surface area contributed by atoms with E-state index in [2.05, 4.69) is 34.4 Å². The Morgan fingerprint density at radius 3 is 2.44 bits per heavy atom. The zero-order valence-electron chi connectivity index (χ0n) is 11.9. The molecule has 18 heavy (non-hydrogen) atoms. The number of hydrogen-bond acceptors (Lipinski definition) is 4. The van der Waals surface area contributed by atoms with Gasteiger partial charge in [0, 0.05) is 18.7 Å². The monoisotopic (exact) mass is 248 g/mol. The average molecular weight is 248 g/mol. The van der Waals surface area contributed by atoms with E-state index >= 15 is 0 Å². The highest BCUT2D eigenvalue weighted by molar-refractivity contribution is 5.57. The van der Waals surface area contributed by atoms with Crippen molar-refractivity contribution in [2.24, 2.45) is 5.92 Å². The molecule has 1 fully saturated rings. The Labute approximate surface area is 110 Å². The molecule has 1 unspecified atom stereocenters. The molecule has 4 heteroatoms. The Morgan fingerprint density at radius 2 is 1.89 bits per heavy atom. The molecule has 0 aliphatic heterocycles. The second-order valence-corrected chi connectivity index (χ2v) is 5.27. The molecular formula is C14H24N4. The summed E-state index contributed by atoms with van der Waals surface area (Å²) in [5.41, 5.74) is 1.11. The van der Waals surface area contributed by atoms with Gasteiger partial charge in [0.2, 0.25) is 0 Å². The van der Waals surface area contributed by atoms with E-state index in [4.69, 9.17) is 0 Å². The van der Waals surface area contributed by atoms with Gasteiger partial charge in [-0.05, 0) is 32.6 Å². The van der Waals surface area contributed by atoms with Crippen molar-refractivity contribution in [3.05, 3.63) is 11.4 Å². The summed E-state index contributed by atoms with van der Waals surface area (Å²) in [6, 6.07) is 0.537. The van der Waals surface area contributed by atoms with Gasteiger partial charge in [0.15, 0.2) is 0 Å². The van der Waals surface area contributed by atoms with Gasteiger partial charge >= 0.3 is 0 Å². The normalized spacial score (nSPS) is 16.4. The maximum atomic E-state index is 4.53. The van der Waals surface area contributed by atoms with Gasteiger partial charge in [-0.15, -0.1) is 0 Å². The van der Waals surface area contributed by atoms with Gasteiger partial charge in [-0.25, -0.2) is 9.97 Å². The molecule has 4 nitrogen and oxygen atoms in total. The van der Waals surface area contributed by atoms with Crippen molar-refractivity contribution in [2.75, 3.05) is 17.7 Å². The molecule has 1 aromatic rings. The second kappa shape index (κ2) is 5.55. The number of nitrogens with zero attached hydrogens (tertiary/aromatic N) is 2. The third-order valence-corrected chi connectivity index (χ3v) is 3.64. The minimum atomic E-state index is 0.537. The highest BCUT2D eigenvalue weighted by Crippen LogP contribution is 2.35. The Morgan fingerprint density at radius 1 is 1.22 bits per heavy atom. The van der Waals surface area contributed by atoms with Crippen molar-refractivity contribution in [1.82, 2.24) is 9.97 Å². The molecule has 1 atom stereocenters. The first-order valence-electron chi connectivity index (χ1n) is 6.93. The molecule has 1 aliphatic carbocycles. The first-order chi connectivity index (χ1) is 8.63. The van der Waals surface area contributed by atoms with Crippen molar-refractivity contribution >= 4 is 11.6 Å². The Hall–Kier alpha value is -1.32. The van der Waals surface area contributed by atoms with Crippen LogP contribution in [0.15, 0.2) is 0 Å². The van der Waals surface area contributed by atoms with Crippen molar-refractivity contribution in [2.45, 2.75) is 52.5 Å². The number of aromatic nitrogens is 2. The SMILES string of the molecule is CCC(CC1CC1)Nc1nc(C)nc(NC)c1C. The zero-order valence-corrected chi connectivity index (χ0v) is 11.9. The fraction of sp³-hybridized carbons (Fsp3) is 0.714. The van der Waals surface area contributed by atoms with Gasteiger partial charge in [-0.2, -0.15) is 0 Å². The maximum Gasteiger partial charge on any atom is 0.134 e. The molecule has 0 aromatic carbocycles.